The molecule has 0 unspecified atom stereocenters. The Hall–Kier alpha value is -1.97. The van der Waals surface area contributed by atoms with Gasteiger partial charge >= 0.3 is 5.63 Å². The summed E-state index contributed by atoms with van der Waals surface area (Å²) in [5.41, 5.74) is -0.616. The molecule has 0 radical (unpaired) electrons. The van der Waals surface area contributed by atoms with E-state index in [-0.39, 0.29) is 16.9 Å². The van der Waals surface area contributed by atoms with Gasteiger partial charge in [-0.15, -0.1) is 0 Å². The van der Waals surface area contributed by atoms with Crippen molar-refractivity contribution in [2.75, 3.05) is 0 Å². The van der Waals surface area contributed by atoms with Gasteiger partial charge in [0.1, 0.15) is 22.6 Å². The van der Waals surface area contributed by atoms with Crippen molar-refractivity contribution in [3.05, 3.63) is 34.4 Å². The minimum absolute atomic E-state index is 0.0276. The van der Waals surface area contributed by atoms with Crippen LogP contribution in [0.1, 0.15) is 19.1 Å². The molecule has 1 aromatic heterocycles. The number of fused-ring (bicyclic) bond motifs is 1. The Morgan fingerprint density at radius 1 is 1.25 bits per heavy atom. The van der Waals surface area contributed by atoms with E-state index in [2.05, 4.69) is 0 Å². The monoisotopic (exact) mass is 220 g/mol. The minimum atomic E-state index is -0.616. The number of aromatic hydroxyl groups is 2. The van der Waals surface area contributed by atoms with Crippen LogP contribution in [0.25, 0.3) is 10.8 Å². The summed E-state index contributed by atoms with van der Waals surface area (Å²) >= 11 is 0. The summed E-state index contributed by atoms with van der Waals surface area (Å²) in [4.78, 5) is 11.6. The third-order valence-corrected chi connectivity index (χ3v) is 2.43. The third kappa shape index (κ3) is 1.62. The molecule has 4 nitrogen and oxygen atoms in total. The second-order valence-corrected chi connectivity index (χ2v) is 3.64. The Labute approximate surface area is 91.8 Å². The largest absolute Gasteiger partial charge is 0.507 e. The van der Waals surface area contributed by atoms with Crippen molar-refractivity contribution in [1.82, 2.24) is 0 Å². The van der Waals surface area contributed by atoms with Crippen LogP contribution in [0, 0.1) is 0 Å². The van der Waals surface area contributed by atoms with Crippen molar-refractivity contribution in [2.45, 2.75) is 19.8 Å². The lowest BCUT2D eigenvalue weighted by Gasteiger charge is -2.04. The van der Waals surface area contributed by atoms with E-state index in [1.165, 1.54) is 12.1 Å². The van der Waals surface area contributed by atoms with Crippen molar-refractivity contribution >= 4 is 10.8 Å². The molecule has 0 amide bonds. The maximum atomic E-state index is 11.6. The SMILES string of the molecule is CCCc1cc2c(O)ccc(O)c2c(=O)o1. The van der Waals surface area contributed by atoms with E-state index >= 15 is 0 Å². The van der Waals surface area contributed by atoms with Crippen LogP contribution in [0.3, 0.4) is 0 Å². The number of hydrogen-bond acceptors (Lipinski definition) is 4. The van der Waals surface area contributed by atoms with Gasteiger partial charge < -0.3 is 14.6 Å². The predicted octanol–water partition coefficient (Wildman–Crippen LogP) is 2.16. The van der Waals surface area contributed by atoms with Crippen LogP contribution < -0.4 is 5.63 Å². The Bertz CT molecular complexity index is 583. The van der Waals surface area contributed by atoms with Crippen LogP contribution in [0.2, 0.25) is 0 Å². The molecule has 0 saturated carbocycles. The molecule has 0 aliphatic heterocycles. The fourth-order valence-electron chi connectivity index (χ4n) is 1.69. The molecule has 1 aromatic carbocycles. The Balaban J connectivity index is 2.81. The highest BCUT2D eigenvalue weighted by Gasteiger charge is 2.11. The fraction of sp³-hybridized carbons (Fsp3) is 0.250. The summed E-state index contributed by atoms with van der Waals surface area (Å²) in [6.07, 6.45) is 1.47. The average Bonchev–Trinajstić information content (AvgIpc) is 2.23. The first-order chi connectivity index (χ1) is 7.63. The Morgan fingerprint density at radius 2 is 1.94 bits per heavy atom. The van der Waals surface area contributed by atoms with Gasteiger partial charge in [-0.05, 0) is 24.6 Å². The zero-order chi connectivity index (χ0) is 11.7. The summed E-state index contributed by atoms with van der Waals surface area (Å²) in [6, 6.07) is 4.22. The molecule has 0 aliphatic carbocycles. The molecule has 0 fully saturated rings. The van der Waals surface area contributed by atoms with Crippen LogP contribution in [0.4, 0.5) is 0 Å². The van der Waals surface area contributed by atoms with Crippen LogP contribution in [-0.4, -0.2) is 10.2 Å². The van der Waals surface area contributed by atoms with E-state index in [9.17, 15) is 15.0 Å². The van der Waals surface area contributed by atoms with Gasteiger partial charge in [-0.3, -0.25) is 0 Å². The van der Waals surface area contributed by atoms with Crippen molar-refractivity contribution < 1.29 is 14.6 Å². The molecule has 0 spiro atoms. The van der Waals surface area contributed by atoms with Crippen LogP contribution >= 0.6 is 0 Å². The Morgan fingerprint density at radius 3 is 2.62 bits per heavy atom. The lowest BCUT2D eigenvalue weighted by Crippen LogP contribution is -2.02. The topological polar surface area (TPSA) is 70.7 Å². The van der Waals surface area contributed by atoms with E-state index in [4.69, 9.17) is 4.42 Å². The molecular weight excluding hydrogens is 208 g/mol. The molecule has 4 heteroatoms. The molecule has 1 heterocycles. The Kier molecular flexibility index (Phi) is 2.56. The average molecular weight is 220 g/mol. The third-order valence-electron chi connectivity index (χ3n) is 2.43. The number of hydrogen-bond donors (Lipinski definition) is 2. The van der Waals surface area contributed by atoms with Gasteiger partial charge in [0, 0.05) is 11.8 Å². The predicted molar refractivity (Wildman–Crippen MR) is 59.8 cm³/mol. The molecule has 16 heavy (non-hydrogen) atoms. The number of phenolic OH excluding ortho intramolecular Hbond substituents is 2. The summed E-state index contributed by atoms with van der Waals surface area (Å²) in [7, 11) is 0. The van der Waals surface area contributed by atoms with E-state index in [0.717, 1.165) is 6.42 Å². The summed E-state index contributed by atoms with van der Waals surface area (Å²) in [6.45, 7) is 1.96. The van der Waals surface area contributed by atoms with Crippen molar-refractivity contribution in [3.8, 4) is 11.5 Å². The normalized spacial score (nSPS) is 10.8. The van der Waals surface area contributed by atoms with Crippen LogP contribution in [0.5, 0.6) is 11.5 Å². The molecule has 2 aromatic rings. The fourth-order valence-corrected chi connectivity index (χ4v) is 1.69. The van der Waals surface area contributed by atoms with Gasteiger partial charge in [0.25, 0.3) is 0 Å². The highest BCUT2D eigenvalue weighted by atomic mass is 16.4. The van der Waals surface area contributed by atoms with Crippen LogP contribution in [0.15, 0.2) is 27.4 Å². The van der Waals surface area contributed by atoms with E-state index in [1.54, 1.807) is 6.07 Å². The minimum Gasteiger partial charge on any atom is -0.507 e. The molecular formula is C12H12O4. The lowest BCUT2D eigenvalue weighted by molar-refractivity contribution is 0.447. The first-order valence-corrected chi connectivity index (χ1v) is 5.11. The number of rotatable bonds is 2. The maximum absolute atomic E-state index is 11.6. The van der Waals surface area contributed by atoms with Crippen molar-refractivity contribution in [2.24, 2.45) is 0 Å². The smallest absolute Gasteiger partial charge is 0.347 e. The summed E-state index contributed by atoms with van der Waals surface area (Å²) in [5.74, 6) is 0.309. The molecule has 2 N–H and O–H groups in total. The second-order valence-electron chi connectivity index (χ2n) is 3.64. The van der Waals surface area contributed by atoms with Gasteiger partial charge in [0.05, 0.1) is 0 Å². The van der Waals surface area contributed by atoms with Gasteiger partial charge in [-0.25, -0.2) is 4.79 Å². The van der Waals surface area contributed by atoms with Gasteiger partial charge in [0.2, 0.25) is 0 Å². The van der Waals surface area contributed by atoms with E-state index in [1.807, 2.05) is 6.92 Å². The molecule has 84 valence electrons. The molecule has 2 rings (SSSR count). The molecule has 0 saturated heterocycles. The number of aryl methyl sites for hydroxylation is 1. The van der Waals surface area contributed by atoms with Crippen molar-refractivity contribution in [3.63, 3.8) is 0 Å². The van der Waals surface area contributed by atoms with Crippen LogP contribution in [-0.2, 0) is 6.42 Å². The maximum Gasteiger partial charge on any atom is 0.347 e. The first kappa shape index (κ1) is 10.5. The lowest BCUT2D eigenvalue weighted by atomic mass is 10.1. The highest BCUT2D eigenvalue weighted by Crippen LogP contribution is 2.29. The summed E-state index contributed by atoms with van der Waals surface area (Å²) in [5, 5.41) is 19.5. The van der Waals surface area contributed by atoms with Crippen molar-refractivity contribution in [1.29, 1.82) is 0 Å². The highest BCUT2D eigenvalue weighted by molar-refractivity contribution is 5.91. The standard InChI is InChI=1S/C12H12O4/c1-2-3-7-6-8-9(13)4-5-10(14)11(8)12(15)16-7/h4-6,13-14H,2-3H2,1H3. The number of phenols is 2. The zero-order valence-electron chi connectivity index (χ0n) is 8.86. The van der Waals surface area contributed by atoms with E-state index < -0.39 is 5.63 Å². The molecule has 0 atom stereocenters. The zero-order valence-corrected chi connectivity index (χ0v) is 8.86. The summed E-state index contributed by atoms with van der Waals surface area (Å²) < 4.78 is 5.04. The molecule has 0 bridgehead atoms. The quantitative estimate of drug-likeness (QED) is 0.761. The second kappa shape index (κ2) is 3.89. The van der Waals surface area contributed by atoms with Gasteiger partial charge in [-0.2, -0.15) is 0 Å². The first-order valence-electron chi connectivity index (χ1n) is 5.11. The molecule has 0 aliphatic rings. The number of benzene rings is 1. The van der Waals surface area contributed by atoms with Gasteiger partial charge in [0.15, 0.2) is 0 Å². The van der Waals surface area contributed by atoms with Gasteiger partial charge in [-0.1, -0.05) is 6.92 Å². The van der Waals surface area contributed by atoms with E-state index in [0.29, 0.717) is 17.6 Å².